The first-order valence-corrected chi connectivity index (χ1v) is 16.9. The maximum Gasteiger partial charge on any atom is 0.233 e. The Morgan fingerprint density at radius 2 is 1.18 bits per heavy atom. The normalized spacial score (nSPS) is 11.2. The number of aromatic nitrogens is 2. The summed E-state index contributed by atoms with van der Waals surface area (Å²) in [6.07, 6.45) is 7.10. The fourth-order valence-corrected chi connectivity index (χ4v) is 8.33. The van der Waals surface area contributed by atoms with Crippen LogP contribution in [0.25, 0.3) is 0 Å². The molecule has 0 aliphatic carbocycles. The quantitative estimate of drug-likeness (QED) is 0.171. The maximum atomic E-state index is 4.41. The van der Waals surface area contributed by atoms with Crippen LogP contribution in [0.3, 0.4) is 0 Å². The monoisotopic (exact) mass is 588 g/mol. The molecule has 0 atom stereocenters. The van der Waals surface area contributed by atoms with Gasteiger partial charge in [0.05, 0.1) is 21.0 Å². The summed E-state index contributed by atoms with van der Waals surface area (Å²) in [4.78, 5) is 4.41. The highest BCUT2D eigenvalue weighted by molar-refractivity contribution is 6.89. The second kappa shape index (κ2) is 15.2. The van der Waals surface area contributed by atoms with Crippen molar-refractivity contribution in [2.75, 3.05) is 0 Å². The molecule has 0 N–H and O–H groups in total. The van der Waals surface area contributed by atoms with Crippen molar-refractivity contribution in [1.29, 1.82) is 0 Å². The van der Waals surface area contributed by atoms with E-state index in [9.17, 15) is 0 Å². The summed E-state index contributed by atoms with van der Waals surface area (Å²) < 4.78 is 2.31. The SMILES string of the molecule is C=CB(c1ccccc1)c1ccccc1.CC(C)Cc1ccc([SiH2]C(c2ccccc2)(c2ccccc2)n2ccnc2)cc1. The fraction of sp³-hybridized carbons (Fsp3) is 0.125. The van der Waals surface area contributed by atoms with E-state index in [1.54, 1.807) is 0 Å². The van der Waals surface area contributed by atoms with Crippen molar-refractivity contribution >= 4 is 32.3 Å². The van der Waals surface area contributed by atoms with E-state index in [1.807, 2.05) is 30.6 Å². The molecule has 4 heteroatoms. The van der Waals surface area contributed by atoms with Crippen molar-refractivity contribution in [3.63, 3.8) is 0 Å². The van der Waals surface area contributed by atoms with Gasteiger partial charge < -0.3 is 4.57 Å². The molecule has 0 aliphatic heterocycles. The van der Waals surface area contributed by atoms with Gasteiger partial charge in [-0.25, -0.2) is 4.98 Å². The third kappa shape index (κ3) is 7.45. The summed E-state index contributed by atoms with van der Waals surface area (Å²) in [6, 6.07) is 52.0. The molecule has 6 aromatic rings. The zero-order chi connectivity index (χ0) is 30.6. The second-order valence-electron chi connectivity index (χ2n) is 11.7. The molecule has 0 unspecified atom stereocenters. The molecule has 0 amide bonds. The molecule has 1 heterocycles. The highest BCUT2D eigenvalue weighted by atomic mass is 28.2. The standard InChI is InChI=1S/C26H28N2Si.C14H13B/c1-21(2)19-22-13-15-25(16-14-22)29-26(28-18-17-27-20-28,23-9-5-3-6-10-23)24-11-7-4-8-12-24;1-2-15(13-9-5-3-6-10-13)14-11-7-4-8-12-14/h3-18,20-21H,19,29H2,1-2H3;2-12H,1H2. The lowest BCUT2D eigenvalue weighted by Crippen LogP contribution is -2.46. The topological polar surface area (TPSA) is 17.8 Å². The van der Waals surface area contributed by atoms with Gasteiger partial charge >= 0.3 is 0 Å². The molecule has 2 nitrogen and oxygen atoms in total. The van der Waals surface area contributed by atoms with E-state index in [-0.39, 0.29) is 5.16 Å². The minimum Gasteiger partial charge on any atom is -0.326 e. The van der Waals surface area contributed by atoms with Gasteiger partial charge in [0, 0.05) is 12.4 Å². The molecule has 0 saturated carbocycles. The van der Waals surface area contributed by atoms with Gasteiger partial charge in [0.1, 0.15) is 0 Å². The Morgan fingerprint density at radius 3 is 1.59 bits per heavy atom. The van der Waals surface area contributed by atoms with Crippen molar-refractivity contribution < 1.29 is 0 Å². The largest absolute Gasteiger partial charge is 0.326 e. The molecule has 6 rings (SSSR count). The van der Waals surface area contributed by atoms with Crippen molar-refractivity contribution in [2.45, 2.75) is 25.4 Å². The zero-order valence-electron chi connectivity index (χ0n) is 25.8. The molecule has 0 spiro atoms. The maximum absolute atomic E-state index is 4.41. The molecule has 218 valence electrons. The van der Waals surface area contributed by atoms with E-state index in [2.05, 4.69) is 170 Å². The van der Waals surface area contributed by atoms with Crippen LogP contribution in [0.4, 0.5) is 0 Å². The van der Waals surface area contributed by atoms with Gasteiger partial charge in [-0.3, -0.25) is 0 Å². The zero-order valence-corrected chi connectivity index (χ0v) is 27.3. The Balaban J connectivity index is 0.000000215. The van der Waals surface area contributed by atoms with Crippen molar-refractivity contribution in [3.8, 4) is 0 Å². The molecule has 1 aromatic heterocycles. The van der Waals surface area contributed by atoms with Crippen LogP contribution in [0.5, 0.6) is 0 Å². The number of imidazole rings is 1. The van der Waals surface area contributed by atoms with Gasteiger partial charge in [-0.1, -0.05) is 176 Å². The lowest BCUT2D eigenvalue weighted by atomic mass is 9.41. The number of benzene rings is 5. The van der Waals surface area contributed by atoms with Crippen LogP contribution in [0, 0.1) is 5.92 Å². The highest BCUT2D eigenvalue weighted by Gasteiger charge is 2.36. The first-order valence-electron chi connectivity index (χ1n) is 15.5. The van der Waals surface area contributed by atoms with Crippen LogP contribution in [0.1, 0.15) is 30.5 Å². The summed E-state index contributed by atoms with van der Waals surface area (Å²) in [7, 11) is -0.790. The van der Waals surface area contributed by atoms with Crippen LogP contribution in [-0.4, -0.2) is 25.8 Å². The van der Waals surface area contributed by atoms with Crippen LogP contribution in [0.15, 0.2) is 177 Å². The van der Waals surface area contributed by atoms with Gasteiger partial charge in [0.25, 0.3) is 0 Å². The Kier molecular flexibility index (Phi) is 10.6. The average molecular weight is 589 g/mol. The van der Waals surface area contributed by atoms with Crippen molar-refractivity contribution in [1.82, 2.24) is 9.55 Å². The summed E-state index contributed by atoms with van der Waals surface area (Å²) in [6.45, 7) is 8.76. The average Bonchev–Trinajstić information content (AvgIpc) is 3.62. The lowest BCUT2D eigenvalue weighted by Gasteiger charge is -2.37. The third-order valence-electron chi connectivity index (χ3n) is 8.13. The van der Waals surface area contributed by atoms with Gasteiger partial charge in [0.2, 0.25) is 6.71 Å². The summed E-state index contributed by atoms with van der Waals surface area (Å²) >= 11 is 0. The van der Waals surface area contributed by atoms with E-state index in [0.29, 0.717) is 12.6 Å². The second-order valence-corrected chi connectivity index (χ2v) is 13.9. The van der Waals surface area contributed by atoms with Crippen LogP contribution in [0.2, 0.25) is 0 Å². The Morgan fingerprint density at radius 1 is 0.705 bits per heavy atom. The molecule has 44 heavy (non-hydrogen) atoms. The van der Waals surface area contributed by atoms with Crippen LogP contribution >= 0.6 is 0 Å². The van der Waals surface area contributed by atoms with Gasteiger partial charge in [-0.15, -0.1) is 12.6 Å². The van der Waals surface area contributed by atoms with Gasteiger partial charge in [-0.2, -0.15) is 0 Å². The number of hydrogen-bond donors (Lipinski definition) is 0. The molecule has 0 saturated heterocycles. The van der Waals surface area contributed by atoms with E-state index < -0.39 is 9.52 Å². The predicted molar refractivity (Wildman–Crippen MR) is 193 cm³/mol. The Labute approximate surface area is 266 Å². The summed E-state index contributed by atoms with van der Waals surface area (Å²) in [5.74, 6) is 2.67. The minimum absolute atomic E-state index is 0.210. The van der Waals surface area contributed by atoms with E-state index in [4.69, 9.17) is 0 Å². The van der Waals surface area contributed by atoms with Gasteiger partial charge in [0.15, 0.2) is 0 Å². The number of rotatable bonds is 10. The molecule has 0 radical (unpaired) electrons. The lowest BCUT2D eigenvalue weighted by molar-refractivity contribution is 0.596. The highest BCUT2D eigenvalue weighted by Crippen LogP contribution is 2.33. The van der Waals surface area contributed by atoms with Crippen molar-refractivity contribution in [2.24, 2.45) is 5.92 Å². The van der Waals surface area contributed by atoms with E-state index >= 15 is 0 Å². The molecule has 0 bridgehead atoms. The molecular weight excluding hydrogens is 547 g/mol. The summed E-state index contributed by atoms with van der Waals surface area (Å²) in [5, 5.41) is 1.25. The number of hydrogen-bond acceptors (Lipinski definition) is 1. The Hall–Kier alpha value is -4.67. The smallest absolute Gasteiger partial charge is 0.233 e. The molecule has 0 aliphatic rings. The minimum atomic E-state index is -0.790. The van der Waals surface area contributed by atoms with Crippen LogP contribution in [-0.2, 0) is 11.6 Å². The van der Waals surface area contributed by atoms with Gasteiger partial charge in [-0.05, 0) is 29.0 Å². The first kappa shape index (κ1) is 30.8. The summed E-state index contributed by atoms with van der Waals surface area (Å²) in [5.41, 5.74) is 6.65. The Bertz CT molecular complexity index is 1590. The molecule has 0 fully saturated rings. The third-order valence-corrected chi connectivity index (χ3v) is 10.7. The first-order chi connectivity index (χ1) is 21.6. The number of nitrogens with zero attached hydrogens (tertiary/aromatic N) is 2. The molecular formula is C40H41BN2Si. The van der Waals surface area contributed by atoms with Crippen molar-refractivity contribution in [3.05, 3.63) is 194 Å². The van der Waals surface area contributed by atoms with E-state index in [1.165, 1.54) is 32.8 Å². The fourth-order valence-electron chi connectivity index (χ4n) is 6.02. The predicted octanol–water partition coefficient (Wildman–Crippen LogP) is 6.35. The molecule has 5 aromatic carbocycles. The van der Waals surface area contributed by atoms with Crippen LogP contribution < -0.4 is 16.1 Å². The van der Waals surface area contributed by atoms with E-state index in [0.717, 1.165) is 6.42 Å².